The minimum Gasteiger partial charge on any atom is -0.377 e. The molecule has 8 heteroatoms. The van der Waals surface area contributed by atoms with E-state index in [-0.39, 0.29) is 28.4 Å². The second-order valence-corrected chi connectivity index (χ2v) is 4.96. The molecule has 0 saturated carbocycles. The Morgan fingerprint density at radius 2 is 2.20 bits per heavy atom. The van der Waals surface area contributed by atoms with Crippen molar-refractivity contribution >= 4 is 35.0 Å². The lowest BCUT2D eigenvalue weighted by Gasteiger charge is -2.34. The Hall–Kier alpha value is -1.37. The van der Waals surface area contributed by atoms with E-state index in [4.69, 9.17) is 27.9 Å². The lowest BCUT2D eigenvalue weighted by Crippen LogP contribution is -2.55. The zero-order chi connectivity index (χ0) is 14.7. The third-order valence-electron chi connectivity index (χ3n) is 2.95. The maximum Gasteiger partial charge on any atom is 0.274 e. The van der Waals surface area contributed by atoms with Gasteiger partial charge in [0.1, 0.15) is 16.9 Å². The number of pyridine rings is 1. The van der Waals surface area contributed by atoms with Crippen LogP contribution in [0.15, 0.2) is 12.1 Å². The largest absolute Gasteiger partial charge is 0.377 e. The van der Waals surface area contributed by atoms with E-state index < -0.39 is 11.9 Å². The fourth-order valence-electron chi connectivity index (χ4n) is 1.93. The quantitative estimate of drug-likeness (QED) is 0.825. The molecule has 2 amide bonds. The molecule has 2 heterocycles. The van der Waals surface area contributed by atoms with Gasteiger partial charge in [0.25, 0.3) is 5.91 Å². The Kier molecular flexibility index (Phi) is 4.80. The van der Waals surface area contributed by atoms with Crippen LogP contribution >= 0.6 is 23.2 Å². The van der Waals surface area contributed by atoms with E-state index in [0.29, 0.717) is 13.2 Å². The van der Waals surface area contributed by atoms with E-state index in [9.17, 15) is 9.59 Å². The third-order valence-corrected chi connectivity index (χ3v) is 3.47. The molecule has 0 bridgehead atoms. The van der Waals surface area contributed by atoms with Gasteiger partial charge in [-0.3, -0.25) is 9.59 Å². The summed E-state index contributed by atoms with van der Waals surface area (Å²) >= 11 is 11.8. The van der Waals surface area contributed by atoms with Crippen LogP contribution in [0.1, 0.15) is 10.5 Å². The van der Waals surface area contributed by atoms with Gasteiger partial charge in [0.05, 0.1) is 18.2 Å². The number of nitrogens with zero attached hydrogens (tertiary/aromatic N) is 2. The number of carbonyl (C=O) groups is 2. The molecule has 1 unspecified atom stereocenters. The van der Waals surface area contributed by atoms with Crippen molar-refractivity contribution in [1.29, 1.82) is 0 Å². The molecule has 1 aliphatic heterocycles. The van der Waals surface area contributed by atoms with Gasteiger partial charge in [-0.05, 0) is 12.1 Å². The van der Waals surface area contributed by atoms with Crippen LogP contribution < -0.4 is 5.32 Å². The average molecular weight is 318 g/mol. The average Bonchev–Trinajstić information content (AvgIpc) is 2.48. The highest BCUT2D eigenvalue weighted by Gasteiger charge is 2.34. The SMILES string of the molecule is CNC(=O)C1COCCN1C(=O)c1nc(Cl)ccc1Cl. The predicted molar refractivity (Wildman–Crippen MR) is 74.0 cm³/mol. The van der Waals surface area contributed by atoms with Crippen LogP contribution in [0.25, 0.3) is 0 Å². The molecular formula is C12H13Cl2N3O3. The number of hydrogen-bond donors (Lipinski definition) is 1. The number of aromatic nitrogens is 1. The van der Waals surface area contributed by atoms with E-state index in [1.165, 1.54) is 24.1 Å². The molecule has 2 rings (SSSR count). The standard InChI is InChI=1S/C12H13Cl2N3O3/c1-15-11(18)8-6-20-5-4-17(8)12(19)10-7(13)2-3-9(14)16-10/h2-3,8H,4-6H2,1H3,(H,15,18). The van der Waals surface area contributed by atoms with Crippen LogP contribution in [0.2, 0.25) is 10.2 Å². The summed E-state index contributed by atoms with van der Waals surface area (Å²) in [6.07, 6.45) is 0. The molecule has 0 aliphatic carbocycles. The van der Waals surface area contributed by atoms with Crippen LogP contribution in [-0.2, 0) is 9.53 Å². The third kappa shape index (κ3) is 3.03. The number of ether oxygens (including phenoxy) is 1. The summed E-state index contributed by atoms with van der Waals surface area (Å²) in [5, 5.41) is 2.87. The zero-order valence-electron chi connectivity index (χ0n) is 10.7. The van der Waals surface area contributed by atoms with E-state index >= 15 is 0 Å². The van der Waals surface area contributed by atoms with Gasteiger partial charge in [0, 0.05) is 13.6 Å². The van der Waals surface area contributed by atoms with Crippen molar-refractivity contribution in [1.82, 2.24) is 15.2 Å². The minimum atomic E-state index is -0.696. The van der Waals surface area contributed by atoms with Gasteiger partial charge in [-0.2, -0.15) is 0 Å². The number of morpholine rings is 1. The highest BCUT2D eigenvalue weighted by molar-refractivity contribution is 6.34. The number of carbonyl (C=O) groups excluding carboxylic acids is 2. The second-order valence-electron chi connectivity index (χ2n) is 4.17. The molecule has 0 aromatic carbocycles. The lowest BCUT2D eigenvalue weighted by molar-refractivity contribution is -0.130. The number of nitrogens with one attached hydrogen (secondary N) is 1. The van der Waals surface area contributed by atoms with Gasteiger partial charge in [-0.15, -0.1) is 0 Å². The number of halogens is 2. The smallest absolute Gasteiger partial charge is 0.274 e. The Bertz CT molecular complexity index is 539. The first-order valence-electron chi connectivity index (χ1n) is 5.97. The number of amides is 2. The zero-order valence-corrected chi connectivity index (χ0v) is 12.2. The van der Waals surface area contributed by atoms with Gasteiger partial charge in [-0.1, -0.05) is 23.2 Å². The molecule has 1 fully saturated rings. The summed E-state index contributed by atoms with van der Waals surface area (Å²) in [5.74, 6) is -0.731. The maximum absolute atomic E-state index is 12.5. The lowest BCUT2D eigenvalue weighted by atomic mass is 10.2. The Morgan fingerprint density at radius 3 is 2.90 bits per heavy atom. The van der Waals surface area contributed by atoms with E-state index in [1.807, 2.05) is 0 Å². The van der Waals surface area contributed by atoms with Crippen LogP contribution in [0, 0.1) is 0 Å². The van der Waals surface area contributed by atoms with Crippen molar-refractivity contribution in [2.45, 2.75) is 6.04 Å². The molecule has 1 N–H and O–H groups in total. The van der Waals surface area contributed by atoms with Crippen molar-refractivity contribution in [2.75, 3.05) is 26.8 Å². The topological polar surface area (TPSA) is 71.5 Å². The van der Waals surface area contributed by atoms with E-state index in [1.54, 1.807) is 0 Å². The van der Waals surface area contributed by atoms with Gasteiger partial charge in [0.2, 0.25) is 5.91 Å². The fourth-order valence-corrected chi connectivity index (χ4v) is 2.27. The van der Waals surface area contributed by atoms with Crippen LogP contribution in [0.4, 0.5) is 0 Å². The van der Waals surface area contributed by atoms with Crippen molar-refractivity contribution in [3.63, 3.8) is 0 Å². The fraction of sp³-hybridized carbons (Fsp3) is 0.417. The number of hydrogen-bond acceptors (Lipinski definition) is 4. The second kappa shape index (κ2) is 6.39. The molecule has 20 heavy (non-hydrogen) atoms. The number of likely N-dealkylation sites (N-methyl/N-ethyl adjacent to an activating group) is 1. The summed E-state index contributed by atoms with van der Waals surface area (Å²) < 4.78 is 5.24. The monoisotopic (exact) mass is 317 g/mol. The molecule has 1 aromatic rings. The Labute approximate surface area is 126 Å². The van der Waals surface area contributed by atoms with Crippen LogP contribution in [0.5, 0.6) is 0 Å². The van der Waals surface area contributed by atoms with Gasteiger partial charge in [0.15, 0.2) is 0 Å². The first-order valence-corrected chi connectivity index (χ1v) is 6.72. The highest BCUT2D eigenvalue weighted by Crippen LogP contribution is 2.20. The molecule has 1 aliphatic rings. The van der Waals surface area contributed by atoms with Gasteiger partial charge in [-0.25, -0.2) is 4.98 Å². The first kappa shape index (κ1) is 15.0. The summed E-state index contributed by atoms with van der Waals surface area (Å²) in [4.78, 5) is 29.6. The summed E-state index contributed by atoms with van der Waals surface area (Å²) in [5.41, 5.74) is 0.0370. The summed E-state index contributed by atoms with van der Waals surface area (Å²) in [6.45, 7) is 0.794. The molecular weight excluding hydrogens is 305 g/mol. The van der Waals surface area contributed by atoms with Gasteiger partial charge < -0.3 is 15.0 Å². The highest BCUT2D eigenvalue weighted by atomic mass is 35.5. The van der Waals surface area contributed by atoms with Crippen molar-refractivity contribution in [3.8, 4) is 0 Å². The summed E-state index contributed by atoms with van der Waals surface area (Å²) in [7, 11) is 1.50. The minimum absolute atomic E-state index is 0.0370. The molecule has 0 spiro atoms. The molecule has 108 valence electrons. The van der Waals surface area contributed by atoms with Crippen LogP contribution in [0.3, 0.4) is 0 Å². The molecule has 0 radical (unpaired) electrons. The van der Waals surface area contributed by atoms with Crippen LogP contribution in [-0.4, -0.2) is 54.5 Å². The number of rotatable bonds is 2. The predicted octanol–water partition coefficient (Wildman–Crippen LogP) is 0.975. The molecule has 1 aromatic heterocycles. The Balaban J connectivity index is 2.30. The van der Waals surface area contributed by atoms with Crippen molar-refractivity contribution in [2.24, 2.45) is 0 Å². The molecule has 1 atom stereocenters. The van der Waals surface area contributed by atoms with E-state index in [0.717, 1.165) is 0 Å². The van der Waals surface area contributed by atoms with Gasteiger partial charge >= 0.3 is 0 Å². The maximum atomic E-state index is 12.5. The normalized spacial score (nSPS) is 18.8. The van der Waals surface area contributed by atoms with E-state index in [2.05, 4.69) is 10.3 Å². The molecule has 6 nitrogen and oxygen atoms in total. The Morgan fingerprint density at radius 1 is 1.45 bits per heavy atom. The molecule has 1 saturated heterocycles. The first-order chi connectivity index (χ1) is 9.54. The van der Waals surface area contributed by atoms with Crippen molar-refractivity contribution < 1.29 is 14.3 Å². The van der Waals surface area contributed by atoms with Crippen molar-refractivity contribution in [3.05, 3.63) is 28.0 Å². The summed E-state index contributed by atoms with van der Waals surface area (Å²) in [6, 6.07) is 2.30.